The predicted molar refractivity (Wildman–Crippen MR) is 106 cm³/mol. The molecular weight excluding hydrogens is 338 g/mol. The van der Waals surface area contributed by atoms with Gasteiger partial charge in [0.2, 0.25) is 0 Å². The quantitative estimate of drug-likeness (QED) is 0.553. The van der Waals surface area contributed by atoms with Gasteiger partial charge in [0, 0.05) is 6.42 Å². The Kier molecular flexibility index (Phi) is 4.80. The molecular formula is C21H21N5O. The summed E-state index contributed by atoms with van der Waals surface area (Å²) in [6.07, 6.45) is 3.30. The Labute approximate surface area is 157 Å². The molecule has 2 aromatic carbocycles. The van der Waals surface area contributed by atoms with Crippen LogP contribution in [0.25, 0.3) is 16.7 Å². The van der Waals surface area contributed by atoms with Crippen LogP contribution in [0.15, 0.2) is 73.2 Å². The van der Waals surface area contributed by atoms with E-state index in [1.54, 1.807) is 10.9 Å². The molecule has 0 fully saturated rings. The molecule has 4 rings (SSSR count). The number of rotatable bonds is 6. The van der Waals surface area contributed by atoms with Gasteiger partial charge in [0.1, 0.15) is 12.1 Å². The van der Waals surface area contributed by atoms with Crippen molar-refractivity contribution < 1.29 is 5.11 Å². The topological polar surface area (TPSA) is 75.9 Å². The zero-order chi connectivity index (χ0) is 18.6. The summed E-state index contributed by atoms with van der Waals surface area (Å²) in [5, 5.41) is 19.2. The molecule has 2 aromatic heterocycles. The van der Waals surface area contributed by atoms with Crippen molar-refractivity contribution in [1.29, 1.82) is 0 Å². The van der Waals surface area contributed by atoms with Crippen molar-refractivity contribution in [2.75, 3.05) is 5.32 Å². The molecule has 136 valence electrons. The van der Waals surface area contributed by atoms with Gasteiger partial charge in [0.25, 0.3) is 0 Å². The monoisotopic (exact) mass is 359 g/mol. The van der Waals surface area contributed by atoms with Gasteiger partial charge < -0.3 is 10.4 Å². The minimum atomic E-state index is -0.540. The van der Waals surface area contributed by atoms with E-state index in [1.165, 1.54) is 6.33 Å². The number of fused-ring (bicyclic) bond motifs is 1. The highest BCUT2D eigenvalue weighted by atomic mass is 16.3. The van der Waals surface area contributed by atoms with E-state index in [0.29, 0.717) is 12.2 Å². The van der Waals surface area contributed by atoms with E-state index < -0.39 is 6.10 Å². The van der Waals surface area contributed by atoms with Crippen molar-refractivity contribution in [3.8, 4) is 5.69 Å². The molecule has 0 bridgehead atoms. The van der Waals surface area contributed by atoms with E-state index in [2.05, 4.69) is 20.4 Å². The molecule has 27 heavy (non-hydrogen) atoms. The highest BCUT2D eigenvalue weighted by Gasteiger charge is 2.18. The van der Waals surface area contributed by atoms with Crippen LogP contribution < -0.4 is 5.32 Å². The van der Waals surface area contributed by atoms with Gasteiger partial charge in [0.15, 0.2) is 5.65 Å². The molecule has 0 saturated heterocycles. The maximum Gasteiger partial charge on any atom is 0.168 e. The molecule has 0 radical (unpaired) electrons. The molecule has 6 nitrogen and oxygen atoms in total. The number of nitrogens with zero attached hydrogens (tertiary/aromatic N) is 4. The van der Waals surface area contributed by atoms with E-state index >= 15 is 0 Å². The normalized spacial score (nSPS) is 13.4. The summed E-state index contributed by atoms with van der Waals surface area (Å²) in [5.41, 5.74) is 2.76. The Morgan fingerprint density at radius 2 is 1.70 bits per heavy atom. The van der Waals surface area contributed by atoms with Gasteiger partial charge in [-0.2, -0.15) is 5.10 Å². The van der Waals surface area contributed by atoms with Crippen LogP contribution in [-0.4, -0.2) is 37.0 Å². The number of aromatic nitrogens is 4. The summed E-state index contributed by atoms with van der Waals surface area (Å²) in [5.74, 6) is 0.668. The summed E-state index contributed by atoms with van der Waals surface area (Å²) < 4.78 is 1.78. The summed E-state index contributed by atoms with van der Waals surface area (Å²) in [4.78, 5) is 8.74. The zero-order valence-corrected chi connectivity index (χ0v) is 15.0. The molecule has 2 atom stereocenters. The van der Waals surface area contributed by atoms with E-state index in [9.17, 15) is 5.11 Å². The first-order chi connectivity index (χ1) is 13.2. The number of nitrogens with one attached hydrogen (secondary N) is 1. The first-order valence-electron chi connectivity index (χ1n) is 8.95. The van der Waals surface area contributed by atoms with E-state index in [1.807, 2.05) is 67.6 Å². The number of hydrogen-bond donors (Lipinski definition) is 2. The van der Waals surface area contributed by atoms with Gasteiger partial charge in [-0.15, -0.1) is 0 Å². The van der Waals surface area contributed by atoms with Crippen LogP contribution in [0.4, 0.5) is 5.82 Å². The fourth-order valence-electron chi connectivity index (χ4n) is 3.06. The van der Waals surface area contributed by atoms with Gasteiger partial charge >= 0.3 is 0 Å². The third kappa shape index (κ3) is 3.66. The third-order valence-electron chi connectivity index (χ3n) is 4.60. The van der Waals surface area contributed by atoms with Gasteiger partial charge in [-0.1, -0.05) is 48.5 Å². The maximum absolute atomic E-state index is 10.6. The van der Waals surface area contributed by atoms with Crippen LogP contribution >= 0.6 is 0 Å². The lowest BCUT2D eigenvalue weighted by Crippen LogP contribution is -2.32. The van der Waals surface area contributed by atoms with E-state index in [-0.39, 0.29) is 6.04 Å². The minimum Gasteiger partial charge on any atom is -0.391 e. The zero-order valence-electron chi connectivity index (χ0n) is 15.0. The molecule has 4 aromatic rings. The number of aliphatic hydroxyl groups excluding tert-OH is 1. The van der Waals surface area contributed by atoms with Gasteiger partial charge in [-0.25, -0.2) is 14.6 Å². The average Bonchev–Trinajstić information content (AvgIpc) is 3.14. The highest BCUT2D eigenvalue weighted by molar-refractivity contribution is 5.87. The SMILES string of the molecule is CC(Nc1ncnc2c1cnn2-c1ccccc1)C(O)Cc1ccccc1. The molecule has 0 aliphatic carbocycles. The number of anilines is 1. The van der Waals surface area contributed by atoms with Crippen molar-refractivity contribution in [3.63, 3.8) is 0 Å². The number of aliphatic hydroxyl groups is 1. The smallest absolute Gasteiger partial charge is 0.168 e. The second-order valence-electron chi connectivity index (χ2n) is 6.54. The van der Waals surface area contributed by atoms with Crippen LogP contribution in [0.1, 0.15) is 12.5 Å². The third-order valence-corrected chi connectivity index (χ3v) is 4.60. The van der Waals surface area contributed by atoms with Gasteiger partial charge in [-0.05, 0) is 24.6 Å². The molecule has 6 heteroatoms. The van der Waals surface area contributed by atoms with Crippen molar-refractivity contribution in [1.82, 2.24) is 19.7 Å². The second-order valence-corrected chi connectivity index (χ2v) is 6.54. The fraction of sp³-hybridized carbons (Fsp3) is 0.190. The molecule has 2 N–H and O–H groups in total. The van der Waals surface area contributed by atoms with Crippen LogP contribution in [0.5, 0.6) is 0 Å². The minimum absolute atomic E-state index is 0.177. The summed E-state index contributed by atoms with van der Waals surface area (Å²) in [7, 11) is 0. The Bertz CT molecular complexity index is 1020. The number of para-hydroxylation sites is 1. The molecule has 0 amide bonds. The lowest BCUT2D eigenvalue weighted by Gasteiger charge is -2.21. The van der Waals surface area contributed by atoms with Crippen molar-refractivity contribution >= 4 is 16.9 Å². The van der Waals surface area contributed by atoms with Crippen molar-refractivity contribution in [3.05, 3.63) is 78.8 Å². The molecule has 0 aliphatic heterocycles. The summed E-state index contributed by atoms with van der Waals surface area (Å²) in [6.45, 7) is 1.95. The first-order valence-corrected chi connectivity index (χ1v) is 8.95. The lowest BCUT2D eigenvalue weighted by atomic mass is 10.0. The largest absolute Gasteiger partial charge is 0.391 e. The molecule has 0 saturated carbocycles. The highest BCUT2D eigenvalue weighted by Crippen LogP contribution is 2.22. The Morgan fingerprint density at radius 3 is 2.44 bits per heavy atom. The Hall–Kier alpha value is -3.25. The van der Waals surface area contributed by atoms with E-state index in [4.69, 9.17) is 0 Å². The standard InChI is InChI=1S/C21H21N5O/c1-15(19(27)12-16-8-4-2-5-9-16)25-20-18-13-24-26(21(18)23-14-22-20)17-10-6-3-7-11-17/h2-11,13-15,19,27H,12H2,1H3,(H,22,23,25). The fourth-order valence-corrected chi connectivity index (χ4v) is 3.06. The van der Waals surface area contributed by atoms with Gasteiger partial charge in [-0.3, -0.25) is 0 Å². The molecule has 2 unspecified atom stereocenters. The molecule has 0 spiro atoms. The van der Waals surface area contributed by atoms with Gasteiger partial charge in [0.05, 0.1) is 29.4 Å². The van der Waals surface area contributed by atoms with Crippen LogP contribution in [0.2, 0.25) is 0 Å². The second kappa shape index (κ2) is 7.55. The molecule has 0 aliphatic rings. The van der Waals surface area contributed by atoms with Crippen LogP contribution in [0, 0.1) is 0 Å². The predicted octanol–water partition coefficient (Wildman–Crippen LogP) is 3.22. The van der Waals surface area contributed by atoms with E-state index in [0.717, 1.165) is 22.3 Å². The number of benzene rings is 2. The maximum atomic E-state index is 10.6. The number of hydrogen-bond acceptors (Lipinski definition) is 5. The van der Waals surface area contributed by atoms with Crippen molar-refractivity contribution in [2.24, 2.45) is 0 Å². The average molecular weight is 359 g/mol. The lowest BCUT2D eigenvalue weighted by molar-refractivity contribution is 0.158. The Balaban J connectivity index is 1.56. The van der Waals surface area contributed by atoms with Crippen LogP contribution in [0.3, 0.4) is 0 Å². The summed E-state index contributed by atoms with van der Waals surface area (Å²) in [6, 6.07) is 19.6. The Morgan fingerprint density at radius 1 is 1.00 bits per heavy atom. The summed E-state index contributed by atoms with van der Waals surface area (Å²) >= 11 is 0. The van der Waals surface area contributed by atoms with Crippen molar-refractivity contribution in [2.45, 2.75) is 25.5 Å². The first kappa shape index (κ1) is 17.2. The van der Waals surface area contributed by atoms with Crippen LogP contribution in [-0.2, 0) is 6.42 Å². The molecule has 2 heterocycles.